The summed E-state index contributed by atoms with van der Waals surface area (Å²) >= 11 is 0. The Balaban J connectivity index is 2.65. The standard InChI is InChI=1S/C15H23NO/c1-4-9-12(3)16-15(17)14(5-2)13-10-7-6-8-11-13/h6-8,10-12,14H,4-5,9H2,1-3H3,(H,16,17). The number of hydrogen-bond acceptors (Lipinski definition) is 1. The second-order valence-corrected chi connectivity index (χ2v) is 4.57. The van der Waals surface area contributed by atoms with E-state index in [4.69, 9.17) is 0 Å². The third-order valence-electron chi connectivity index (χ3n) is 3.04. The highest BCUT2D eigenvalue weighted by atomic mass is 16.1. The van der Waals surface area contributed by atoms with Gasteiger partial charge in [0.15, 0.2) is 0 Å². The van der Waals surface area contributed by atoms with Gasteiger partial charge in [-0.1, -0.05) is 50.6 Å². The van der Waals surface area contributed by atoms with Gasteiger partial charge >= 0.3 is 0 Å². The molecule has 0 fully saturated rings. The second kappa shape index (κ2) is 7.10. The van der Waals surface area contributed by atoms with Gasteiger partial charge in [-0.2, -0.15) is 0 Å². The van der Waals surface area contributed by atoms with Crippen molar-refractivity contribution in [1.82, 2.24) is 5.32 Å². The maximum absolute atomic E-state index is 12.1. The van der Waals surface area contributed by atoms with Gasteiger partial charge in [0, 0.05) is 6.04 Å². The highest BCUT2D eigenvalue weighted by Gasteiger charge is 2.19. The molecule has 1 amide bonds. The summed E-state index contributed by atoms with van der Waals surface area (Å²) in [6.45, 7) is 6.26. The molecule has 2 unspecified atom stereocenters. The van der Waals surface area contributed by atoms with Crippen molar-refractivity contribution in [1.29, 1.82) is 0 Å². The van der Waals surface area contributed by atoms with Crippen LogP contribution in [-0.4, -0.2) is 11.9 Å². The molecule has 1 aromatic carbocycles. The lowest BCUT2D eigenvalue weighted by Gasteiger charge is -2.19. The topological polar surface area (TPSA) is 29.1 Å². The van der Waals surface area contributed by atoms with Crippen LogP contribution in [0.2, 0.25) is 0 Å². The second-order valence-electron chi connectivity index (χ2n) is 4.57. The van der Waals surface area contributed by atoms with Crippen molar-refractivity contribution in [3.8, 4) is 0 Å². The van der Waals surface area contributed by atoms with Gasteiger partial charge in [0.25, 0.3) is 0 Å². The largest absolute Gasteiger partial charge is 0.353 e. The lowest BCUT2D eigenvalue weighted by Crippen LogP contribution is -2.36. The van der Waals surface area contributed by atoms with Crippen LogP contribution in [0.4, 0.5) is 0 Å². The van der Waals surface area contributed by atoms with Crippen LogP contribution in [0.3, 0.4) is 0 Å². The van der Waals surface area contributed by atoms with Crippen molar-refractivity contribution in [3.63, 3.8) is 0 Å². The van der Waals surface area contributed by atoms with Gasteiger partial charge in [-0.3, -0.25) is 4.79 Å². The monoisotopic (exact) mass is 233 g/mol. The number of benzene rings is 1. The van der Waals surface area contributed by atoms with Crippen molar-refractivity contribution in [2.24, 2.45) is 0 Å². The number of hydrogen-bond donors (Lipinski definition) is 1. The Morgan fingerprint density at radius 3 is 2.41 bits per heavy atom. The first-order valence-corrected chi connectivity index (χ1v) is 6.54. The quantitative estimate of drug-likeness (QED) is 0.800. The number of nitrogens with one attached hydrogen (secondary N) is 1. The summed E-state index contributed by atoms with van der Waals surface area (Å²) < 4.78 is 0. The Bertz CT molecular complexity index is 334. The normalized spacial score (nSPS) is 14.1. The van der Waals surface area contributed by atoms with E-state index < -0.39 is 0 Å². The van der Waals surface area contributed by atoms with Gasteiger partial charge in [0.05, 0.1) is 5.92 Å². The lowest BCUT2D eigenvalue weighted by atomic mass is 9.95. The van der Waals surface area contributed by atoms with Gasteiger partial charge in [-0.05, 0) is 25.3 Å². The summed E-state index contributed by atoms with van der Waals surface area (Å²) in [6, 6.07) is 10.3. The molecule has 0 saturated heterocycles. The van der Waals surface area contributed by atoms with Crippen LogP contribution in [-0.2, 0) is 4.79 Å². The molecule has 0 aromatic heterocycles. The fourth-order valence-corrected chi connectivity index (χ4v) is 2.11. The Labute approximate surface area is 104 Å². The minimum Gasteiger partial charge on any atom is -0.353 e. The lowest BCUT2D eigenvalue weighted by molar-refractivity contribution is -0.123. The molecule has 0 aliphatic rings. The molecule has 94 valence electrons. The molecule has 1 N–H and O–H groups in total. The maximum Gasteiger partial charge on any atom is 0.227 e. The van der Waals surface area contributed by atoms with E-state index >= 15 is 0 Å². The van der Waals surface area contributed by atoms with Crippen LogP contribution < -0.4 is 5.32 Å². The van der Waals surface area contributed by atoms with Gasteiger partial charge in [-0.15, -0.1) is 0 Å². The Hall–Kier alpha value is -1.31. The van der Waals surface area contributed by atoms with Crippen molar-refractivity contribution >= 4 is 5.91 Å². The van der Waals surface area contributed by atoms with Crippen molar-refractivity contribution in [3.05, 3.63) is 35.9 Å². The smallest absolute Gasteiger partial charge is 0.227 e. The third kappa shape index (κ3) is 4.22. The SMILES string of the molecule is CCCC(C)NC(=O)C(CC)c1ccccc1. The molecule has 2 heteroatoms. The van der Waals surface area contributed by atoms with Crippen molar-refractivity contribution in [2.75, 3.05) is 0 Å². The molecular formula is C15H23NO. The first-order chi connectivity index (χ1) is 8.19. The van der Waals surface area contributed by atoms with Crippen LogP contribution in [0.1, 0.15) is 51.5 Å². The molecule has 0 spiro atoms. The number of amides is 1. The van der Waals surface area contributed by atoms with Crippen LogP contribution in [0.5, 0.6) is 0 Å². The zero-order valence-corrected chi connectivity index (χ0v) is 11.1. The summed E-state index contributed by atoms with van der Waals surface area (Å²) in [5, 5.41) is 3.09. The average molecular weight is 233 g/mol. The van der Waals surface area contributed by atoms with Crippen molar-refractivity contribution in [2.45, 2.75) is 52.0 Å². The van der Waals surface area contributed by atoms with Crippen LogP contribution in [0.25, 0.3) is 0 Å². The molecule has 1 rings (SSSR count). The van der Waals surface area contributed by atoms with E-state index in [1.807, 2.05) is 30.3 Å². The molecule has 0 radical (unpaired) electrons. The van der Waals surface area contributed by atoms with Gasteiger partial charge in [0.2, 0.25) is 5.91 Å². The fraction of sp³-hybridized carbons (Fsp3) is 0.533. The number of carbonyl (C=O) groups excluding carboxylic acids is 1. The summed E-state index contributed by atoms with van der Waals surface area (Å²) in [5.41, 5.74) is 1.11. The molecule has 2 atom stereocenters. The first kappa shape index (κ1) is 13.8. The van der Waals surface area contributed by atoms with E-state index in [1.54, 1.807) is 0 Å². The molecule has 0 bridgehead atoms. The maximum atomic E-state index is 12.1. The zero-order chi connectivity index (χ0) is 12.7. The van der Waals surface area contributed by atoms with E-state index in [0.717, 1.165) is 24.8 Å². The summed E-state index contributed by atoms with van der Waals surface area (Å²) in [4.78, 5) is 12.1. The highest BCUT2D eigenvalue weighted by Crippen LogP contribution is 2.19. The molecule has 1 aromatic rings. The van der Waals surface area contributed by atoms with E-state index in [1.165, 1.54) is 0 Å². The van der Waals surface area contributed by atoms with Gasteiger partial charge < -0.3 is 5.32 Å². The van der Waals surface area contributed by atoms with E-state index in [0.29, 0.717) is 0 Å². The predicted molar refractivity (Wildman–Crippen MR) is 72.0 cm³/mol. The number of rotatable bonds is 6. The molecule has 0 saturated carbocycles. The third-order valence-corrected chi connectivity index (χ3v) is 3.04. The minimum atomic E-state index is -0.0180. The predicted octanol–water partition coefficient (Wildman–Crippen LogP) is 3.49. The van der Waals surface area contributed by atoms with Gasteiger partial charge in [-0.25, -0.2) is 0 Å². The summed E-state index contributed by atoms with van der Waals surface area (Å²) in [6.07, 6.45) is 2.98. The zero-order valence-electron chi connectivity index (χ0n) is 11.1. The van der Waals surface area contributed by atoms with Crippen LogP contribution in [0, 0.1) is 0 Å². The summed E-state index contributed by atoms with van der Waals surface area (Å²) in [5.74, 6) is 0.134. The van der Waals surface area contributed by atoms with E-state index in [2.05, 4.69) is 26.1 Å². The van der Waals surface area contributed by atoms with Crippen LogP contribution in [0.15, 0.2) is 30.3 Å². The highest BCUT2D eigenvalue weighted by molar-refractivity contribution is 5.83. The Kier molecular flexibility index (Phi) is 5.75. The molecule has 0 heterocycles. The molecule has 0 aliphatic carbocycles. The minimum absolute atomic E-state index is 0.0180. The molecule has 0 aliphatic heterocycles. The summed E-state index contributed by atoms with van der Waals surface area (Å²) in [7, 11) is 0. The molecule has 2 nitrogen and oxygen atoms in total. The first-order valence-electron chi connectivity index (χ1n) is 6.54. The van der Waals surface area contributed by atoms with Crippen molar-refractivity contribution < 1.29 is 4.79 Å². The van der Waals surface area contributed by atoms with Crippen LogP contribution >= 0.6 is 0 Å². The Morgan fingerprint density at radius 2 is 1.88 bits per heavy atom. The fourth-order valence-electron chi connectivity index (χ4n) is 2.11. The molecular weight excluding hydrogens is 210 g/mol. The number of carbonyl (C=O) groups is 1. The van der Waals surface area contributed by atoms with Gasteiger partial charge in [0.1, 0.15) is 0 Å². The Morgan fingerprint density at radius 1 is 1.24 bits per heavy atom. The van der Waals surface area contributed by atoms with E-state index in [-0.39, 0.29) is 17.9 Å². The van der Waals surface area contributed by atoms with E-state index in [9.17, 15) is 4.79 Å². The molecule has 17 heavy (non-hydrogen) atoms. The average Bonchev–Trinajstić information content (AvgIpc) is 2.31.